The lowest BCUT2D eigenvalue weighted by Crippen LogP contribution is -2.30. The van der Waals surface area contributed by atoms with E-state index < -0.39 is 25.0 Å². The van der Waals surface area contributed by atoms with Gasteiger partial charge in [-0.2, -0.15) is 5.10 Å². The molecule has 0 fully saturated rings. The molecule has 0 amide bonds. The fourth-order valence-corrected chi connectivity index (χ4v) is 2.23. The maximum absolute atomic E-state index is 10.8. The number of carboxylic acids is 2. The molecule has 0 atom stereocenters. The maximum Gasteiger partial charge on any atom is 0.324 e. The fraction of sp³-hybridized carbons (Fsp3) is 0.267. The zero-order valence-electron chi connectivity index (χ0n) is 12.1. The van der Waals surface area contributed by atoms with E-state index in [1.54, 1.807) is 0 Å². The predicted octanol–water partition coefficient (Wildman–Crippen LogP) is 1.47. The molecule has 1 heterocycles. The number of rotatable bonds is 7. The van der Waals surface area contributed by atoms with Gasteiger partial charge in [0, 0.05) is 29.2 Å². The Labute approximate surface area is 127 Å². The number of carbonyl (C=O) groups is 2. The average molecular weight is 303 g/mol. The summed E-state index contributed by atoms with van der Waals surface area (Å²) in [6.07, 6.45) is 3.41. The van der Waals surface area contributed by atoms with Crippen LogP contribution in [0.25, 0.3) is 10.9 Å². The monoisotopic (exact) mass is 303 g/mol. The van der Waals surface area contributed by atoms with Gasteiger partial charge in [-0.05, 0) is 13.0 Å². The van der Waals surface area contributed by atoms with E-state index >= 15 is 0 Å². The Bertz CT molecular complexity index is 705. The van der Waals surface area contributed by atoms with Crippen molar-refractivity contribution in [2.75, 3.05) is 13.1 Å². The van der Waals surface area contributed by atoms with Gasteiger partial charge in [-0.1, -0.05) is 18.2 Å². The molecule has 7 nitrogen and oxygen atoms in total. The van der Waals surface area contributed by atoms with Crippen molar-refractivity contribution in [3.05, 3.63) is 36.0 Å². The Kier molecular flexibility index (Phi) is 4.77. The van der Waals surface area contributed by atoms with Gasteiger partial charge in [0.25, 0.3) is 0 Å². The summed E-state index contributed by atoms with van der Waals surface area (Å²) in [4.78, 5) is 21.5. The third-order valence-electron chi connectivity index (χ3n) is 3.16. The van der Waals surface area contributed by atoms with Gasteiger partial charge < -0.3 is 14.8 Å². The Morgan fingerprint density at radius 2 is 1.86 bits per heavy atom. The fourth-order valence-electron chi connectivity index (χ4n) is 2.23. The summed E-state index contributed by atoms with van der Waals surface area (Å²) < 4.78 is 2.05. The van der Waals surface area contributed by atoms with Crippen molar-refractivity contribution in [3.8, 4) is 0 Å². The van der Waals surface area contributed by atoms with Gasteiger partial charge in [0.05, 0.1) is 6.21 Å². The number of carboxylic acid groups (broad SMARTS) is 2. The van der Waals surface area contributed by atoms with Crippen LogP contribution in [-0.2, 0) is 16.1 Å². The highest BCUT2D eigenvalue weighted by Crippen LogP contribution is 2.19. The normalized spacial score (nSPS) is 11.1. The minimum atomic E-state index is -1.13. The van der Waals surface area contributed by atoms with Crippen LogP contribution in [0.1, 0.15) is 12.5 Å². The highest BCUT2D eigenvalue weighted by molar-refractivity contribution is 5.99. The van der Waals surface area contributed by atoms with Crippen LogP contribution >= 0.6 is 0 Å². The van der Waals surface area contributed by atoms with E-state index in [2.05, 4.69) is 9.67 Å². The molecule has 0 spiro atoms. The molecular weight excluding hydrogens is 286 g/mol. The highest BCUT2D eigenvalue weighted by Gasteiger charge is 2.11. The van der Waals surface area contributed by atoms with E-state index in [1.165, 1.54) is 6.21 Å². The van der Waals surface area contributed by atoms with E-state index in [4.69, 9.17) is 10.2 Å². The van der Waals surface area contributed by atoms with Crippen molar-refractivity contribution >= 4 is 29.1 Å². The van der Waals surface area contributed by atoms with Gasteiger partial charge in [-0.25, -0.2) is 0 Å². The Morgan fingerprint density at radius 3 is 2.45 bits per heavy atom. The lowest BCUT2D eigenvalue weighted by Gasteiger charge is -2.13. The molecular formula is C15H17N3O4. The zero-order valence-corrected chi connectivity index (χ0v) is 12.1. The summed E-state index contributed by atoms with van der Waals surface area (Å²) in [5.41, 5.74) is 1.87. The van der Waals surface area contributed by atoms with Gasteiger partial charge in [-0.3, -0.25) is 14.6 Å². The summed E-state index contributed by atoms with van der Waals surface area (Å²) in [6.45, 7) is 1.89. The second-order valence-electron chi connectivity index (χ2n) is 4.74. The molecule has 0 saturated heterocycles. The number of fused-ring (bicyclic) bond motifs is 1. The lowest BCUT2D eigenvalue weighted by molar-refractivity contribution is -0.141. The number of aryl methyl sites for hydroxylation is 1. The predicted molar refractivity (Wildman–Crippen MR) is 82.1 cm³/mol. The second kappa shape index (κ2) is 6.75. The van der Waals surface area contributed by atoms with Crippen LogP contribution in [0.2, 0.25) is 0 Å². The third kappa shape index (κ3) is 3.63. The summed E-state index contributed by atoms with van der Waals surface area (Å²) in [5, 5.41) is 23.6. The minimum Gasteiger partial charge on any atom is -0.480 e. The molecule has 0 bridgehead atoms. The molecule has 7 heteroatoms. The molecule has 0 aliphatic rings. The summed E-state index contributed by atoms with van der Waals surface area (Å²) in [7, 11) is 0. The zero-order chi connectivity index (χ0) is 16.1. The van der Waals surface area contributed by atoms with Gasteiger partial charge in [0.1, 0.15) is 13.1 Å². The van der Waals surface area contributed by atoms with Crippen molar-refractivity contribution in [2.45, 2.75) is 13.5 Å². The van der Waals surface area contributed by atoms with Crippen molar-refractivity contribution < 1.29 is 19.8 Å². The maximum atomic E-state index is 10.8. The Morgan fingerprint density at radius 1 is 1.23 bits per heavy atom. The molecule has 1 aromatic heterocycles. The van der Waals surface area contributed by atoms with Crippen LogP contribution in [-0.4, -0.2) is 51.0 Å². The molecule has 0 radical (unpaired) electrons. The van der Waals surface area contributed by atoms with Crippen LogP contribution in [0.3, 0.4) is 0 Å². The van der Waals surface area contributed by atoms with Crippen molar-refractivity contribution in [2.24, 2.45) is 5.10 Å². The van der Waals surface area contributed by atoms with Crippen LogP contribution in [0.5, 0.6) is 0 Å². The molecule has 2 aromatic rings. The van der Waals surface area contributed by atoms with Crippen LogP contribution in [0, 0.1) is 0 Å². The van der Waals surface area contributed by atoms with Gasteiger partial charge in [0.15, 0.2) is 0 Å². The SMILES string of the molecule is CCn1cc(/C=N\N(CC(=O)O)CC(=O)O)c2ccccc21. The number of hydrazone groups is 1. The standard InChI is InChI=1S/C15H17N3O4/c1-2-17-8-11(12-5-3-4-6-13(12)17)7-16-18(9-14(19)20)10-15(21)22/h3-8H,2,9-10H2,1H3,(H,19,20)(H,21,22)/b16-7-. The molecule has 2 N–H and O–H groups in total. The third-order valence-corrected chi connectivity index (χ3v) is 3.16. The number of aromatic nitrogens is 1. The molecule has 1 aromatic carbocycles. The van der Waals surface area contributed by atoms with Crippen molar-refractivity contribution in [1.29, 1.82) is 0 Å². The van der Waals surface area contributed by atoms with Crippen molar-refractivity contribution in [1.82, 2.24) is 9.58 Å². The number of para-hydroxylation sites is 1. The summed E-state index contributed by atoms with van der Waals surface area (Å²) >= 11 is 0. The molecule has 0 aliphatic carbocycles. The van der Waals surface area contributed by atoms with E-state index in [-0.39, 0.29) is 0 Å². The highest BCUT2D eigenvalue weighted by atomic mass is 16.4. The van der Waals surface area contributed by atoms with Crippen LogP contribution < -0.4 is 0 Å². The van der Waals surface area contributed by atoms with E-state index in [0.29, 0.717) is 0 Å². The first-order valence-electron chi connectivity index (χ1n) is 6.81. The first-order valence-corrected chi connectivity index (χ1v) is 6.81. The smallest absolute Gasteiger partial charge is 0.324 e. The number of aliphatic carboxylic acids is 2. The number of hydrogen-bond donors (Lipinski definition) is 2. The molecule has 116 valence electrons. The summed E-state index contributed by atoms with van der Waals surface area (Å²) in [5.74, 6) is -2.26. The summed E-state index contributed by atoms with van der Waals surface area (Å²) in [6, 6.07) is 7.78. The first-order chi connectivity index (χ1) is 10.5. The molecule has 0 saturated carbocycles. The quantitative estimate of drug-likeness (QED) is 0.596. The number of nitrogens with zero attached hydrogens (tertiary/aromatic N) is 3. The van der Waals surface area contributed by atoms with Gasteiger partial charge >= 0.3 is 11.9 Å². The molecule has 0 unspecified atom stereocenters. The van der Waals surface area contributed by atoms with Crippen molar-refractivity contribution in [3.63, 3.8) is 0 Å². The van der Waals surface area contributed by atoms with Crippen LogP contribution in [0.4, 0.5) is 0 Å². The van der Waals surface area contributed by atoms with E-state index in [9.17, 15) is 9.59 Å². The molecule has 2 rings (SSSR count). The number of hydrogen-bond acceptors (Lipinski definition) is 4. The molecule has 22 heavy (non-hydrogen) atoms. The first kappa shape index (κ1) is 15.6. The second-order valence-corrected chi connectivity index (χ2v) is 4.74. The number of benzene rings is 1. The Balaban J connectivity index is 2.31. The topological polar surface area (TPSA) is 95.1 Å². The minimum absolute atomic E-state index is 0.463. The lowest BCUT2D eigenvalue weighted by atomic mass is 10.2. The van der Waals surface area contributed by atoms with E-state index in [0.717, 1.165) is 28.0 Å². The largest absolute Gasteiger partial charge is 0.480 e. The molecule has 0 aliphatic heterocycles. The average Bonchev–Trinajstić information content (AvgIpc) is 2.82. The van der Waals surface area contributed by atoms with Gasteiger partial charge in [0.2, 0.25) is 0 Å². The van der Waals surface area contributed by atoms with Crippen LogP contribution in [0.15, 0.2) is 35.6 Å². The Hall–Kier alpha value is -2.83. The van der Waals surface area contributed by atoms with E-state index in [1.807, 2.05) is 37.4 Å². The van der Waals surface area contributed by atoms with Gasteiger partial charge in [-0.15, -0.1) is 0 Å².